The molecule has 5 nitrogen and oxygen atoms in total. The van der Waals surface area contributed by atoms with Gasteiger partial charge in [-0.15, -0.1) is 11.6 Å². The number of aliphatic hydroxyl groups is 2. The summed E-state index contributed by atoms with van der Waals surface area (Å²) in [5, 5.41) is 29.5. The number of alkyl halides is 1. The van der Waals surface area contributed by atoms with Crippen LogP contribution in [0.1, 0.15) is 50.2 Å². The fourth-order valence-electron chi connectivity index (χ4n) is 4.04. The summed E-state index contributed by atoms with van der Waals surface area (Å²) in [6, 6.07) is 8.02. The number of hydrogen-bond acceptors (Lipinski definition) is 4. The number of aliphatic carboxylic acids is 1. The number of benzene rings is 1. The van der Waals surface area contributed by atoms with Gasteiger partial charge in [-0.25, -0.2) is 0 Å². The number of aliphatic hydroxyl groups excluding tert-OH is 2. The van der Waals surface area contributed by atoms with E-state index in [4.69, 9.17) is 21.4 Å². The van der Waals surface area contributed by atoms with E-state index in [1.807, 2.05) is 49.4 Å². The van der Waals surface area contributed by atoms with Crippen LogP contribution in [0.15, 0.2) is 48.6 Å². The number of rotatable bonds is 13. The standard InChI is InChI=1S/C25H35ClO5/c1-2-31-17-19-9-7-8-18(14-19)15-20(27)12-13-22-21(23(26)16-24(22)28)10-5-3-4-6-11-25(29)30/h3,5,7-9,12-14,20-24,27-28H,2,4,6,10-11,15-17H2,1H3,(H,29,30)/b5-3-,13-12+/t20-,21-,22-,23?,24-/m1/s1. The molecule has 3 N–H and O–H groups in total. The summed E-state index contributed by atoms with van der Waals surface area (Å²) >= 11 is 6.47. The van der Waals surface area contributed by atoms with Crippen LogP contribution in [0.4, 0.5) is 0 Å². The lowest BCUT2D eigenvalue weighted by Gasteiger charge is -2.19. The summed E-state index contributed by atoms with van der Waals surface area (Å²) in [6.45, 7) is 3.19. The smallest absolute Gasteiger partial charge is 0.303 e. The Morgan fingerprint density at radius 1 is 1.32 bits per heavy atom. The van der Waals surface area contributed by atoms with Crippen molar-refractivity contribution >= 4 is 17.6 Å². The summed E-state index contributed by atoms with van der Waals surface area (Å²) in [5.74, 6) is -0.798. The number of carboxylic acid groups (broad SMARTS) is 1. The van der Waals surface area contributed by atoms with Crippen LogP contribution in [0, 0.1) is 11.8 Å². The zero-order chi connectivity index (χ0) is 22.6. The largest absolute Gasteiger partial charge is 0.481 e. The maximum Gasteiger partial charge on any atom is 0.303 e. The average molecular weight is 451 g/mol. The third kappa shape index (κ3) is 9.16. The van der Waals surface area contributed by atoms with Crippen LogP contribution in [0.5, 0.6) is 0 Å². The summed E-state index contributed by atoms with van der Waals surface area (Å²) in [5.41, 5.74) is 2.12. The highest BCUT2D eigenvalue weighted by molar-refractivity contribution is 6.21. The molecule has 0 heterocycles. The van der Waals surface area contributed by atoms with E-state index in [-0.39, 0.29) is 23.6 Å². The highest BCUT2D eigenvalue weighted by Crippen LogP contribution is 2.39. The second-order valence-electron chi connectivity index (χ2n) is 8.17. The highest BCUT2D eigenvalue weighted by atomic mass is 35.5. The minimum Gasteiger partial charge on any atom is -0.481 e. The zero-order valence-electron chi connectivity index (χ0n) is 18.2. The van der Waals surface area contributed by atoms with Crippen LogP contribution in [0.3, 0.4) is 0 Å². The van der Waals surface area contributed by atoms with Gasteiger partial charge in [-0.3, -0.25) is 4.79 Å². The van der Waals surface area contributed by atoms with Crippen LogP contribution in [-0.4, -0.2) is 45.5 Å². The first-order valence-electron chi connectivity index (χ1n) is 11.1. The van der Waals surface area contributed by atoms with Gasteiger partial charge in [-0.05, 0) is 49.7 Å². The number of carboxylic acids is 1. The lowest BCUT2D eigenvalue weighted by atomic mass is 9.90. The fourth-order valence-corrected chi connectivity index (χ4v) is 4.49. The Hall–Kier alpha value is -1.66. The molecule has 31 heavy (non-hydrogen) atoms. The molecule has 2 rings (SSSR count). The van der Waals surface area contributed by atoms with Crippen molar-refractivity contribution in [2.45, 2.75) is 69.6 Å². The fraction of sp³-hybridized carbons (Fsp3) is 0.560. The summed E-state index contributed by atoms with van der Waals surface area (Å²) in [4.78, 5) is 10.6. The van der Waals surface area contributed by atoms with Gasteiger partial charge in [0.25, 0.3) is 0 Å². The van der Waals surface area contributed by atoms with Gasteiger partial charge in [-0.2, -0.15) is 0 Å². The molecule has 1 saturated carbocycles. The number of halogens is 1. The number of ether oxygens (including phenoxy) is 1. The SMILES string of the molecule is CCOCc1cccc(C[C@H](O)/C=C/[C@H]2[C@H](O)CC(Cl)[C@@H]2C/C=C\CCCC(=O)O)c1. The van der Waals surface area contributed by atoms with Gasteiger partial charge >= 0.3 is 5.97 Å². The number of hydrogen-bond donors (Lipinski definition) is 3. The second-order valence-corrected chi connectivity index (χ2v) is 8.73. The molecular weight excluding hydrogens is 416 g/mol. The number of unbranched alkanes of at least 4 members (excludes halogenated alkanes) is 1. The summed E-state index contributed by atoms with van der Waals surface area (Å²) < 4.78 is 5.44. The third-order valence-corrected chi connectivity index (χ3v) is 6.17. The molecular formula is C25H35ClO5. The molecule has 6 heteroatoms. The highest BCUT2D eigenvalue weighted by Gasteiger charge is 2.39. The first kappa shape index (κ1) is 25.6. The first-order chi connectivity index (χ1) is 14.9. The number of carbonyl (C=O) groups is 1. The second kappa shape index (κ2) is 13.7. The van der Waals surface area contributed by atoms with Gasteiger partial charge < -0.3 is 20.1 Å². The summed E-state index contributed by atoms with van der Waals surface area (Å²) in [6.07, 6.45) is 9.78. The lowest BCUT2D eigenvalue weighted by Crippen LogP contribution is -2.19. The first-order valence-corrected chi connectivity index (χ1v) is 11.5. The molecule has 0 bridgehead atoms. The Labute approximate surface area is 190 Å². The van der Waals surface area contributed by atoms with Crippen LogP contribution in [-0.2, 0) is 22.6 Å². The van der Waals surface area contributed by atoms with E-state index in [1.165, 1.54) is 0 Å². The minimum absolute atomic E-state index is 0.0883. The minimum atomic E-state index is -0.780. The third-order valence-electron chi connectivity index (χ3n) is 5.67. The Bertz CT molecular complexity index is 732. The predicted octanol–water partition coefficient (Wildman–Crippen LogP) is 4.49. The topological polar surface area (TPSA) is 87.0 Å². The maximum atomic E-state index is 10.6. The molecule has 0 aliphatic heterocycles. The van der Waals surface area contributed by atoms with E-state index in [0.717, 1.165) is 24.0 Å². The van der Waals surface area contributed by atoms with Crippen LogP contribution in [0.25, 0.3) is 0 Å². The van der Waals surface area contributed by atoms with E-state index in [9.17, 15) is 15.0 Å². The van der Waals surface area contributed by atoms with Crippen molar-refractivity contribution in [2.24, 2.45) is 11.8 Å². The van der Waals surface area contributed by atoms with E-state index in [0.29, 0.717) is 32.5 Å². The molecule has 1 aliphatic carbocycles. The van der Waals surface area contributed by atoms with Gasteiger partial charge in [0.2, 0.25) is 0 Å². The molecule has 1 fully saturated rings. The molecule has 1 aliphatic rings. The Morgan fingerprint density at radius 2 is 2.10 bits per heavy atom. The zero-order valence-corrected chi connectivity index (χ0v) is 19.0. The van der Waals surface area contributed by atoms with Gasteiger partial charge in [0, 0.05) is 30.7 Å². The molecule has 172 valence electrons. The van der Waals surface area contributed by atoms with Crippen molar-refractivity contribution < 1.29 is 24.9 Å². The van der Waals surface area contributed by atoms with Crippen molar-refractivity contribution in [3.8, 4) is 0 Å². The van der Waals surface area contributed by atoms with Crippen LogP contribution >= 0.6 is 11.6 Å². The maximum absolute atomic E-state index is 10.6. The Kier molecular flexibility index (Phi) is 11.3. The van der Waals surface area contributed by atoms with E-state index in [2.05, 4.69) is 0 Å². The molecule has 1 aromatic rings. The monoisotopic (exact) mass is 450 g/mol. The average Bonchev–Trinajstić information content (AvgIpc) is 2.99. The van der Waals surface area contributed by atoms with E-state index in [1.54, 1.807) is 6.08 Å². The molecule has 0 amide bonds. The molecule has 0 aromatic heterocycles. The molecule has 0 spiro atoms. The molecule has 1 unspecified atom stereocenters. The van der Waals surface area contributed by atoms with Gasteiger partial charge in [-0.1, -0.05) is 48.6 Å². The van der Waals surface area contributed by atoms with Crippen molar-refractivity contribution in [3.05, 3.63) is 59.7 Å². The van der Waals surface area contributed by atoms with Crippen LogP contribution < -0.4 is 0 Å². The van der Waals surface area contributed by atoms with Crippen molar-refractivity contribution in [2.75, 3.05) is 6.61 Å². The van der Waals surface area contributed by atoms with E-state index < -0.39 is 18.2 Å². The lowest BCUT2D eigenvalue weighted by molar-refractivity contribution is -0.137. The van der Waals surface area contributed by atoms with Crippen molar-refractivity contribution in [1.29, 1.82) is 0 Å². The van der Waals surface area contributed by atoms with Gasteiger partial charge in [0.15, 0.2) is 0 Å². The van der Waals surface area contributed by atoms with Gasteiger partial charge in [0.1, 0.15) is 0 Å². The predicted molar refractivity (Wildman–Crippen MR) is 123 cm³/mol. The molecule has 0 saturated heterocycles. The normalized spacial score (nSPS) is 24.9. The van der Waals surface area contributed by atoms with Gasteiger partial charge in [0.05, 0.1) is 18.8 Å². The molecule has 5 atom stereocenters. The number of allylic oxidation sites excluding steroid dienone is 2. The quantitative estimate of drug-likeness (QED) is 0.234. The van der Waals surface area contributed by atoms with E-state index >= 15 is 0 Å². The molecule has 1 aromatic carbocycles. The Morgan fingerprint density at radius 3 is 2.84 bits per heavy atom. The summed E-state index contributed by atoms with van der Waals surface area (Å²) in [7, 11) is 0. The Balaban J connectivity index is 1.89. The van der Waals surface area contributed by atoms with Crippen molar-refractivity contribution in [1.82, 2.24) is 0 Å². The molecule has 0 radical (unpaired) electrons. The van der Waals surface area contributed by atoms with Crippen molar-refractivity contribution in [3.63, 3.8) is 0 Å². The van der Waals surface area contributed by atoms with Crippen LogP contribution in [0.2, 0.25) is 0 Å².